The molecule has 17 heavy (non-hydrogen) atoms. The predicted octanol–water partition coefficient (Wildman–Crippen LogP) is 1.66. The van der Waals surface area contributed by atoms with E-state index >= 15 is 0 Å². The molecule has 0 amide bonds. The zero-order valence-electron chi connectivity index (χ0n) is 9.89. The van der Waals surface area contributed by atoms with Gasteiger partial charge < -0.3 is 5.43 Å². The quantitative estimate of drug-likeness (QED) is 0.576. The van der Waals surface area contributed by atoms with E-state index in [4.69, 9.17) is 5.84 Å². The van der Waals surface area contributed by atoms with Crippen LogP contribution in [0.2, 0.25) is 0 Å². The second kappa shape index (κ2) is 3.01. The maximum atomic E-state index is 5.46. The number of hydrogen-bond donors (Lipinski definition) is 2. The summed E-state index contributed by atoms with van der Waals surface area (Å²) < 4.78 is 1.71. The summed E-state index contributed by atoms with van der Waals surface area (Å²) in [6.07, 6.45) is 1.85. The summed E-state index contributed by atoms with van der Waals surface area (Å²) in [6.45, 7) is 5.91. The number of nitrogen functional groups attached to an aromatic ring is 1. The van der Waals surface area contributed by atoms with Crippen molar-refractivity contribution in [2.24, 2.45) is 16.1 Å². The van der Waals surface area contributed by atoms with Crippen molar-refractivity contribution < 1.29 is 0 Å². The van der Waals surface area contributed by atoms with Crippen molar-refractivity contribution >= 4 is 17.2 Å². The molecule has 1 aliphatic rings. The van der Waals surface area contributed by atoms with E-state index in [0.717, 1.165) is 16.9 Å². The first-order valence-corrected chi connectivity index (χ1v) is 5.33. The van der Waals surface area contributed by atoms with Gasteiger partial charge in [-0.1, -0.05) is 0 Å². The molecule has 3 rings (SSSR count). The minimum Gasteiger partial charge on any atom is -0.305 e. The highest BCUT2D eigenvalue weighted by molar-refractivity contribution is 5.75. The van der Waals surface area contributed by atoms with Crippen molar-refractivity contribution in [1.29, 1.82) is 0 Å². The zero-order chi connectivity index (χ0) is 12.2. The number of fused-ring (bicyclic) bond motifs is 3. The van der Waals surface area contributed by atoms with Crippen LogP contribution in [0, 0.1) is 6.92 Å². The fourth-order valence-corrected chi connectivity index (χ4v) is 2.09. The number of nitrogens with one attached hydrogen (secondary N) is 1. The van der Waals surface area contributed by atoms with Crippen LogP contribution in [0.3, 0.4) is 0 Å². The van der Waals surface area contributed by atoms with Gasteiger partial charge in [0.15, 0.2) is 11.5 Å². The highest BCUT2D eigenvalue weighted by Crippen LogP contribution is 2.45. The number of imidazole rings is 1. The number of rotatable bonds is 1. The van der Waals surface area contributed by atoms with Gasteiger partial charge in [0, 0.05) is 0 Å². The van der Waals surface area contributed by atoms with Gasteiger partial charge in [-0.05, 0) is 20.8 Å². The number of aryl methyl sites for hydroxylation is 1. The Balaban J connectivity index is 2.46. The molecule has 0 fully saturated rings. The topological polar surface area (TPSA) is 93.0 Å². The lowest BCUT2D eigenvalue weighted by Gasteiger charge is -2.15. The molecule has 0 saturated heterocycles. The molecule has 0 aromatic carbocycles. The van der Waals surface area contributed by atoms with Gasteiger partial charge in [-0.2, -0.15) is 10.2 Å². The lowest BCUT2D eigenvalue weighted by atomic mass is 9.96. The molecule has 88 valence electrons. The van der Waals surface area contributed by atoms with Gasteiger partial charge >= 0.3 is 0 Å². The van der Waals surface area contributed by atoms with E-state index in [1.807, 2.05) is 27.0 Å². The number of aromatic nitrogens is 3. The molecule has 0 bridgehead atoms. The summed E-state index contributed by atoms with van der Waals surface area (Å²) in [5.41, 5.74) is 5.47. The molecule has 0 aliphatic carbocycles. The first-order chi connectivity index (χ1) is 8.03. The molecule has 0 spiro atoms. The van der Waals surface area contributed by atoms with Crippen LogP contribution in [0.4, 0.5) is 11.5 Å². The van der Waals surface area contributed by atoms with E-state index in [-0.39, 0.29) is 0 Å². The van der Waals surface area contributed by atoms with Crippen molar-refractivity contribution in [2.45, 2.75) is 26.3 Å². The average Bonchev–Trinajstić information content (AvgIpc) is 2.77. The van der Waals surface area contributed by atoms with Gasteiger partial charge in [-0.25, -0.2) is 15.3 Å². The van der Waals surface area contributed by atoms with Crippen molar-refractivity contribution in [3.8, 4) is 0 Å². The van der Waals surface area contributed by atoms with Crippen molar-refractivity contribution in [2.75, 3.05) is 5.43 Å². The third kappa shape index (κ3) is 1.26. The van der Waals surface area contributed by atoms with Crippen LogP contribution in [0.15, 0.2) is 16.4 Å². The molecule has 2 aromatic heterocycles. The highest BCUT2D eigenvalue weighted by Gasteiger charge is 2.34. The number of nitrogens with two attached hydrogens (primary N) is 1. The second-order valence-corrected chi connectivity index (χ2v) is 4.63. The smallest absolute Gasteiger partial charge is 0.189 e. The maximum absolute atomic E-state index is 5.46. The summed E-state index contributed by atoms with van der Waals surface area (Å²) in [5.74, 6) is 5.97. The lowest BCUT2D eigenvalue weighted by Crippen LogP contribution is -2.16. The molecule has 7 heteroatoms. The molecule has 0 unspecified atom stereocenters. The Morgan fingerprint density at radius 2 is 2.18 bits per heavy atom. The van der Waals surface area contributed by atoms with Gasteiger partial charge in [0.05, 0.1) is 17.5 Å². The predicted molar refractivity (Wildman–Crippen MR) is 63.1 cm³/mol. The van der Waals surface area contributed by atoms with Gasteiger partial charge in [0.2, 0.25) is 0 Å². The third-order valence-electron chi connectivity index (χ3n) is 2.85. The lowest BCUT2D eigenvalue weighted by molar-refractivity contribution is 0.556. The average molecular weight is 231 g/mol. The number of anilines is 1. The van der Waals surface area contributed by atoms with Crippen molar-refractivity contribution in [3.05, 3.63) is 17.5 Å². The van der Waals surface area contributed by atoms with Crippen LogP contribution in [-0.4, -0.2) is 14.6 Å². The van der Waals surface area contributed by atoms with Crippen LogP contribution < -0.4 is 11.3 Å². The van der Waals surface area contributed by atoms with Crippen LogP contribution in [0.5, 0.6) is 0 Å². The number of hydrazine groups is 1. The van der Waals surface area contributed by atoms with Crippen LogP contribution in [0.25, 0.3) is 5.65 Å². The molecule has 3 heterocycles. The van der Waals surface area contributed by atoms with E-state index in [1.165, 1.54) is 0 Å². The van der Waals surface area contributed by atoms with Gasteiger partial charge in [0.1, 0.15) is 11.2 Å². The first-order valence-electron chi connectivity index (χ1n) is 5.33. The molecule has 0 saturated carbocycles. The van der Waals surface area contributed by atoms with Gasteiger partial charge in [0.25, 0.3) is 0 Å². The minimum absolute atomic E-state index is 0.400. The summed E-state index contributed by atoms with van der Waals surface area (Å²) in [4.78, 5) is 4.47. The highest BCUT2D eigenvalue weighted by atomic mass is 15.4. The Kier molecular flexibility index (Phi) is 1.80. The van der Waals surface area contributed by atoms with Crippen molar-refractivity contribution in [1.82, 2.24) is 14.6 Å². The largest absolute Gasteiger partial charge is 0.305 e. The normalized spacial score (nSPS) is 16.5. The molecular weight excluding hydrogens is 218 g/mol. The molecular formula is C10H13N7. The Labute approximate surface area is 97.7 Å². The van der Waals surface area contributed by atoms with Gasteiger partial charge in [-0.3, -0.25) is 0 Å². The number of nitrogens with zero attached hydrogens (tertiary/aromatic N) is 5. The summed E-state index contributed by atoms with van der Waals surface area (Å²) in [5, 5.41) is 12.7. The van der Waals surface area contributed by atoms with E-state index in [9.17, 15) is 0 Å². The Bertz CT molecular complexity index is 638. The Morgan fingerprint density at radius 3 is 2.88 bits per heavy atom. The second-order valence-electron chi connectivity index (χ2n) is 4.63. The van der Waals surface area contributed by atoms with E-state index < -0.39 is 5.54 Å². The fourth-order valence-electron chi connectivity index (χ4n) is 2.09. The first kappa shape index (κ1) is 10.2. The summed E-state index contributed by atoms with van der Waals surface area (Å²) >= 11 is 0. The monoisotopic (exact) mass is 231 g/mol. The molecule has 3 N–H and O–H groups in total. The SMILES string of the molecule is Cc1cn2nc(NN)c3c(c2n1)C(C)(C)N=N3. The standard InChI is InChI=1S/C10H13N7/c1-5-4-17-9(12-5)6-7(8(13-11)15-17)14-16-10(6,2)3/h4H,11H2,1-3H3,(H,13,15). The van der Waals surface area contributed by atoms with E-state index in [1.54, 1.807) is 4.52 Å². The molecule has 7 nitrogen and oxygen atoms in total. The van der Waals surface area contributed by atoms with Crippen molar-refractivity contribution in [3.63, 3.8) is 0 Å². The molecule has 2 aromatic rings. The Hall–Kier alpha value is -2.02. The summed E-state index contributed by atoms with van der Waals surface area (Å²) in [6, 6.07) is 0. The number of hydrogen-bond acceptors (Lipinski definition) is 6. The molecule has 0 atom stereocenters. The van der Waals surface area contributed by atoms with Crippen LogP contribution in [0.1, 0.15) is 25.1 Å². The minimum atomic E-state index is -0.400. The molecule has 0 radical (unpaired) electrons. The fraction of sp³-hybridized carbons (Fsp3) is 0.400. The van der Waals surface area contributed by atoms with E-state index in [0.29, 0.717) is 11.5 Å². The third-order valence-corrected chi connectivity index (χ3v) is 2.85. The Morgan fingerprint density at radius 1 is 1.41 bits per heavy atom. The summed E-state index contributed by atoms with van der Waals surface area (Å²) in [7, 11) is 0. The van der Waals surface area contributed by atoms with Gasteiger partial charge in [-0.15, -0.1) is 5.10 Å². The van der Waals surface area contributed by atoms with Crippen LogP contribution >= 0.6 is 0 Å². The number of azo groups is 1. The zero-order valence-corrected chi connectivity index (χ0v) is 9.89. The molecule has 1 aliphatic heterocycles. The van der Waals surface area contributed by atoms with Crippen LogP contribution in [-0.2, 0) is 5.54 Å². The maximum Gasteiger partial charge on any atom is 0.189 e. The van der Waals surface area contributed by atoms with E-state index in [2.05, 4.69) is 25.7 Å².